The zero-order chi connectivity index (χ0) is 36.6. The summed E-state index contributed by atoms with van der Waals surface area (Å²) in [4.78, 5) is 15.3. The van der Waals surface area contributed by atoms with Crippen molar-refractivity contribution < 1.29 is 4.42 Å². The number of hydrogen-bond acceptors (Lipinski definition) is 4. The molecule has 10 rings (SSSR count). The topological polar surface area (TPSA) is 51.8 Å². The number of fused-ring (bicyclic) bond motifs is 3. The van der Waals surface area contributed by atoms with Gasteiger partial charge in [0.05, 0.1) is 0 Å². The molecular weight excluding hydrogens is 671 g/mol. The summed E-state index contributed by atoms with van der Waals surface area (Å²) in [7, 11) is 0. The van der Waals surface area contributed by atoms with Crippen molar-refractivity contribution in [2.75, 3.05) is 0 Å². The molecule has 2 aromatic heterocycles. The van der Waals surface area contributed by atoms with Gasteiger partial charge in [-0.15, -0.1) is 0 Å². The van der Waals surface area contributed by atoms with Crippen molar-refractivity contribution in [1.29, 1.82) is 0 Å². The lowest BCUT2D eigenvalue weighted by atomic mass is 9.92. The van der Waals surface area contributed by atoms with Crippen LogP contribution >= 0.6 is 0 Å². The molecule has 0 amide bonds. The molecule has 0 saturated heterocycles. The smallest absolute Gasteiger partial charge is 0.164 e. The van der Waals surface area contributed by atoms with Crippen LogP contribution in [0.4, 0.5) is 0 Å². The predicted molar refractivity (Wildman–Crippen MR) is 225 cm³/mol. The summed E-state index contributed by atoms with van der Waals surface area (Å²) in [5.74, 6) is 1.82. The van der Waals surface area contributed by atoms with Gasteiger partial charge in [-0.1, -0.05) is 158 Å². The van der Waals surface area contributed by atoms with E-state index in [1.165, 1.54) is 22.3 Å². The van der Waals surface area contributed by atoms with Crippen LogP contribution in [0.1, 0.15) is 0 Å². The van der Waals surface area contributed by atoms with Gasteiger partial charge in [-0.2, -0.15) is 0 Å². The average molecular weight is 704 g/mol. The maximum absolute atomic E-state index is 6.24. The lowest BCUT2D eigenvalue weighted by molar-refractivity contribution is 0.669. The molecule has 0 radical (unpaired) electrons. The Balaban J connectivity index is 1.08. The van der Waals surface area contributed by atoms with E-state index >= 15 is 0 Å². The minimum Gasteiger partial charge on any atom is -0.456 e. The first-order chi connectivity index (χ1) is 27.2. The number of aromatic nitrogens is 3. The molecule has 4 heteroatoms. The highest BCUT2D eigenvalue weighted by molar-refractivity contribution is 6.11. The van der Waals surface area contributed by atoms with E-state index in [0.29, 0.717) is 17.5 Å². The van der Waals surface area contributed by atoms with Gasteiger partial charge in [0.15, 0.2) is 17.5 Å². The molecule has 0 saturated carbocycles. The molecule has 2 heterocycles. The lowest BCUT2D eigenvalue weighted by Crippen LogP contribution is -2.00. The number of nitrogens with zero attached hydrogens (tertiary/aromatic N) is 3. The SMILES string of the molecule is c1ccc(-c2cc(-c3ccccc3)cc(-c3cccc(-c4cccc(-c5nc(-c6ccccc6)nc(-c6cccc7oc8ccccc8c67)n5)c4)c3)c2)cc1. The molecular formula is C51H33N3O. The Morgan fingerprint density at radius 1 is 0.273 bits per heavy atom. The van der Waals surface area contributed by atoms with E-state index in [-0.39, 0.29) is 0 Å². The first-order valence-corrected chi connectivity index (χ1v) is 18.4. The Bertz CT molecular complexity index is 2910. The number of rotatable bonds is 7. The fourth-order valence-corrected chi connectivity index (χ4v) is 7.41. The zero-order valence-electron chi connectivity index (χ0n) is 29.8. The normalized spacial score (nSPS) is 11.3. The van der Waals surface area contributed by atoms with Crippen LogP contribution in [0.3, 0.4) is 0 Å². The minimum atomic E-state index is 0.598. The van der Waals surface area contributed by atoms with Gasteiger partial charge < -0.3 is 4.42 Å². The molecule has 10 aromatic rings. The largest absolute Gasteiger partial charge is 0.456 e. The van der Waals surface area contributed by atoms with Gasteiger partial charge in [-0.05, 0) is 87.0 Å². The number of furan rings is 1. The molecule has 0 fully saturated rings. The van der Waals surface area contributed by atoms with Crippen LogP contribution in [0.5, 0.6) is 0 Å². The van der Waals surface area contributed by atoms with Crippen LogP contribution in [0.2, 0.25) is 0 Å². The lowest BCUT2D eigenvalue weighted by Gasteiger charge is -2.13. The van der Waals surface area contributed by atoms with E-state index < -0.39 is 0 Å². The Morgan fingerprint density at radius 2 is 0.673 bits per heavy atom. The summed E-state index contributed by atoms with van der Waals surface area (Å²) in [5, 5.41) is 2.02. The summed E-state index contributed by atoms with van der Waals surface area (Å²) in [5.41, 5.74) is 13.6. The van der Waals surface area contributed by atoms with E-state index in [0.717, 1.165) is 60.9 Å². The molecule has 0 aliphatic carbocycles. The van der Waals surface area contributed by atoms with Gasteiger partial charge in [0.2, 0.25) is 0 Å². The van der Waals surface area contributed by atoms with Gasteiger partial charge in [-0.3, -0.25) is 0 Å². The standard InChI is InChI=1S/C51H33N3O/c1-4-15-34(16-5-1)41-31-42(35-17-6-2-7-18-35)33-43(32-41)39-23-12-21-37(29-39)38-22-13-24-40(30-38)50-52-49(36-19-8-3-9-20-36)53-51(54-50)45-26-14-28-47-48(45)44-25-10-11-27-46(44)55-47/h1-33H. The van der Waals surface area contributed by atoms with Crippen molar-refractivity contribution >= 4 is 21.9 Å². The van der Waals surface area contributed by atoms with E-state index in [2.05, 4.69) is 140 Å². The summed E-state index contributed by atoms with van der Waals surface area (Å²) in [6, 6.07) is 69.5. The average Bonchev–Trinajstić information content (AvgIpc) is 3.66. The van der Waals surface area contributed by atoms with Gasteiger partial charge in [0.1, 0.15) is 11.2 Å². The van der Waals surface area contributed by atoms with Gasteiger partial charge in [-0.25, -0.2) is 15.0 Å². The van der Waals surface area contributed by atoms with Crippen molar-refractivity contribution in [3.63, 3.8) is 0 Å². The quantitative estimate of drug-likeness (QED) is 0.166. The number of hydrogen-bond donors (Lipinski definition) is 0. The summed E-state index contributed by atoms with van der Waals surface area (Å²) in [6.45, 7) is 0. The number of benzene rings is 8. The summed E-state index contributed by atoms with van der Waals surface area (Å²) < 4.78 is 6.24. The predicted octanol–water partition coefficient (Wildman–Crippen LogP) is 13.4. The van der Waals surface area contributed by atoms with Crippen LogP contribution in [-0.4, -0.2) is 15.0 Å². The van der Waals surface area contributed by atoms with Crippen molar-refractivity contribution in [3.05, 3.63) is 200 Å². The van der Waals surface area contributed by atoms with E-state index in [9.17, 15) is 0 Å². The molecule has 8 aromatic carbocycles. The van der Waals surface area contributed by atoms with E-state index in [1.54, 1.807) is 0 Å². The third-order valence-corrected chi connectivity index (χ3v) is 10.1. The van der Waals surface area contributed by atoms with Crippen LogP contribution in [0.15, 0.2) is 205 Å². The van der Waals surface area contributed by atoms with Gasteiger partial charge in [0, 0.05) is 27.5 Å². The number of para-hydroxylation sites is 1. The summed E-state index contributed by atoms with van der Waals surface area (Å²) >= 11 is 0. The van der Waals surface area contributed by atoms with Crippen molar-refractivity contribution in [2.24, 2.45) is 0 Å². The Hall–Kier alpha value is -7.43. The van der Waals surface area contributed by atoms with Crippen LogP contribution in [0.25, 0.3) is 101 Å². The Kier molecular flexibility index (Phi) is 8.12. The van der Waals surface area contributed by atoms with Crippen molar-refractivity contribution in [3.8, 4) is 78.7 Å². The van der Waals surface area contributed by atoms with Crippen molar-refractivity contribution in [2.45, 2.75) is 0 Å². The second kappa shape index (κ2) is 13.8. The highest BCUT2D eigenvalue weighted by atomic mass is 16.3. The molecule has 258 valence electrons. The first kappa shape index (κ1) is 32.2. The van der Waals surface area contributed by atoms with Gasteiger partial charge >= 0.3 is 0 Å². The Morgan fingerprint density at radius 3 is 1.31 bits per heavy atom. The first-order valence-electron chi connectivity index (χ1n) is 18.4. The van der Waals surface area contributed by atoms with Crippen LogP contribution in [-0.2, 0) is 0 Å². The zero-order valence-corrected chi connectivity index (χ0v) is 29.8. The molecule has 4 nitrogen and oxygen atoms in total. The molecule has 0 atom stereocenters. The van der Waals surface area contributed by atoms with Gasteiger partial charge in [0.25, 0.3) is 0 Å². The molecule has 0 N–H and O–H groups in total. The van der Waals surface area contributed by atoms with E-state index in [4.69, 9.17) is 19.4 Å². The Labute approximate surface area is 319 Å². The monoisotopic (exact) mass is 703 g/mol. The molecule has 0 spiro atoms. The maximum atomic E-state index is 6.24. The molecule has 0 aliphatic rings. The highest BCUT2D eigenvalue weighted by Gasteiger charge is 2.18. The highest BCUT2D eigenvalue weighted by Crippen LogP contribution is 2.38. The van der Waals surface area contributed by atoms with Crippen molar-refractivity contribution in [1.82, 2.24) is 15.0 Å². The third-order valence-electron chi connectivity index (χ3n) is 10.1. The third kappa shape index (κ3) is 6.26. The van der Waals surface area contributed by atoms with Crippen LogP contribution < -0.4 is 0 Å². The molecule has 0 unspecified atom stereocenters. The molecule has 55 heavy (non-hydrogen) atoms. The van der Waals surface area contributed by atoms with Crippen LogP contribution in [0, 0.1) is 0 Å². The molecule has 0 aliphatic heterocycles. The summed E-state index contributed by atoms with van der Waals surface area (Å²) in [6.07, 6.45) is 0. The second-order valence-corrected chi connectivity index (χ2v) is 13.6. The fourth-order valence-electron chi connectivity index (χ4n) is 7.41. The maximum Gasteiger partial charge on any atom is 0.164 e. The minimum absolute atomic E-state index is 0.598. The fraction of sp³-hybridized carbons (Fsp3) is 0. The van der Waals surface area contributed by atoms with E-state index in [1.807, 2.05) is 60.7 Å². The molecule has 0 bridgehead atoms. The second-order valence-electron chi connectivity index (χ2n) is 13.6.